The van der Waals surface area contributed by atoms with Crippen LogP contribution in [-0.2, 0) is 11.2 Å². The van der Waals surface area contributed by atoms with Crippen LogP contribution in [0.3, 0.4) is 0 Å². The number of benzene rings is 2. The largest absolute Gasteiger partial charge is 0.326 e. The molecule has 4 aromatic rings. The molecule has 0 unspecified atom stereocenters. The zero-order chi connectivity index (χ0) is 22.9. The molecular weight excluding hydrogens is 418 g/mol. The molecule has 0 bridgehead atoms. The molecule has 8 nitrogen and oxygen atoms in total. The van der Waals surface area contributed by atoms with Crippen molar-refractivity contribution in [3.8, 4) is 0 Å². The molecule has 1 fully saturated rings. The lowest BCUT2D eigenvalue weighted by Crippen LogP contribution is -2.26. The number of nitrogens with one attached hydrogen (secondary N) is 2. The average molecular weight is 444 g/mol. The Morgan fingerprint density at radius 1 is 1.12 bits per heavy atom. The Labute approximate surface area is 189 Å². The quantitative estimate of drug-likeness (QED) is 0.502. The van der Waals surface area contributed by atoms with Crippen molar-refractivity contribution in [2.24, 2.45) is 4.99 Å². The topological polar surface area (TPSA) is 113 Å². The number of H-pyrrole nitrogens is 2. The third-order valence-corrected chi connectivity index (χ3v) is 6.29. The lowest BCUT2D eigenvalue weighted by Gasteiger charge is -2.24. The number of hydrogen-bond donors (Lipinski definition) is 2. The van der Waals surface area contributed by atoms with E-state index in [0.29, 0.717) is 36.0 Å². The van der Waals surface area contributed by atoms with Gasteiger partial charge in [0.2, 0.25) is 5.91 Å². The smallest absolute Gasteiger partial charge is 0.310 e. The van der Waals surface area contributed by atoms with Crippen LogP contribution >= 0.6 is 0 Å². The summed E-state index contributed by atoms with van der Waals surface area (Å²) in [4.78, 5) is 51.6. The van der Waals surface area contributed by atoms with Gasteiger partial charge in [-0.2, -0.15) is 0 Å². The van der Waals surface area contributed by atoms with E-state index < -0.39 is 0 Å². The molecule has 0 radical (unpaired) electrons. The third-order valence-electron chi connectivity index (χ3n) is 6.29. The van der Waals surface area contributed by atoms with E-state index >= 15 is 0 Å². The standard InChI is InChI=1S/C25H25N5O3/c1-15-6-11-20-21(14-15)30(25(33)28-20)17-9-7-16(8-10-17)26-23(31)13-12-22-27-19-5-3-2-4-18(19)24(32)29-22/h2-6,11,14,17H,7-10,12-13H2,1H3,(H,28,33)(H,27,29,32). The van der Waals surface area contributed by atoms with Gasteiger partial charge in [-0.15, -0.1) is 0 Å². The molecular formula is C25H25N5O3. The van der Waals surface area contributed by atoms with Gasteiger partial charge in [0.05, 0.1) is 21.9 Å². The summed E-state index contributed by atoms with van der Waals surface area (Å²) < 4.78 is 1.85. The average Bonchev–Trinajstić information content (AvgIpc) is 3.13. The van der Waals surface area contributed by atoms with E-state index in [9.17, 15) is 14.4 Å². The number of aliphatic imine (C=N–C) groups is 1. The predicted octanol–water partition coefficient (Wildman–Crippen LogP) is 3.59. The molecule has 0 saturated heterocycles. The van der Waals surface area contributed by atoms with Gasteiger partial charge >= 0.3 is 5.69 Å². The van der Waals surface area contributed by atoms with Gasteiger partial charge in [-0.1, -0.05) is 18.2 Å². The molecule has 2 N–H and O–H groups in total. The maximum atomic E-state index is 12.5. The lowest BCUT2D eigenvalue weighted by atomic mass is 9.93. The van der Waals surface area contributed by atoms with E-state index in [4.69, 9.17) is 0 Å². The molecule has 8 heteroatoms. The Hall–Kier alpha value is -3.81. The Morgan fingerprint density at radius 2 is 1.91 bits per heavy atom. The van der Waals surface area contributed by atoms with Crippen molar-refractivity contribution in [3.63, 3.8) is 0 Å². The van der Waals surface area contributed by atoms with Crippen LogP contribution < -0.4 is 11.2 Å². The number of amides is 1. The zero-order valence-electron chi connectivity index (χ0n) is 18.4. The van der Waals surface area contributed by atoms with E-state index in [2.05, 4.69) is 19.9 Å². The Kier molecular flexibility index (Phi) is 5.50. The number of aromatic nitrogens is 4. The number of imidazole rings is 1. The Bertz CT molecular complexity index is 1500. The lowest BCUT2D eigenvalue weighted by molar-refractivity contribution is -0.117. The van der Waals surface area contributed by atoms with Gasteiger partial charge in [0.25, 0.3) is 5.56 Å². The minimum atomic E-state index is -0.209. The van der Waals surface area contributed by atoms with Gasteiger partial charge in [-0.25, -0.2) is 14.8 Å². The van der Waals surface area contributed by atoms with Crippen molar-refractivity contribution in [2.45, 2.75) is 51.5 Å². The number of fused-ring (bicyclic) bond motifs is 2. The van der Waals surface area contributed by atoms with Crippen LogP contribution in [-0.4, -0.2) is 31.1 Å². The summed E-state index contributed by atoms with van der Waals surface area (Å²) >= 11 is 0. The molecule has 1 amide bonds. The van der Waals surface area contributed by atoms with Crippen molar-refractivity contribution in [1.29, 1.82) is 0 Å². The molecule has 5 rings (SSSR count). The summed E-state index contributed by atoms with van der Waals surface area (Å²) in [5.41, 5.74) is 4.10. The van der Waals surface area contributed by atoms with Gasteiger partial charge in [0.15, 0.2) is 0 Å². The molecule has 2 heterocycles. The van der Waals surface area contributed by atoms with Gasteiger partial charge in [0.1, 0.15) is 5.82 Å². The van der Waals surface area contributed by atoms with E-state index in [1.54, 1.807) is 18.2 Å². The second-order valence-corrected chi connectivity index (χ2v) is 8.65. The number of carbonyl (C=O) groups excluding carboxylic acids is 1. The summed E-state index contributed by atoms with van der Waals surface area (Å²) in [6.45, 7) is 2.02. The molecule has 0 spiro atoms. The minimum Gasteiger partial charge on any atom is -0.310 e. The van der Waals surface area contributed by atoms with Gasteiger partial charge in [-0.05, 0) is 62.4 Å². The van der Waals surface area contributed by atoms with Crippen LogP contribution in [0.2, 0.25) is 0 Å². The monoisotopic (exact) mass is 443 g/mol. The summed E-state index contributed by atoms with van der Waals surface area (Å²) in [7, 11) is 0. The zero-order valence-corrected chi connectivity index (χ0v) is 18.4. The van der Waals surface area contributed by atoms with Gasteiger partial charge in [-0.3, -0.25) is 14.2 Å². The molecule has 2 aromatic carbocycles. The van der Waals surface area contributed by atoms with Gasteiger partial charge < -0.3 is 9.97 Å². The summed E-state index contributed by atoms with van der Waals surface area (Å²) in [6.07, 6.45) is 3.44. The fraction of sp³-hybridized carbons (Fsp3) is 0.320. The fourth-order valence-corrected chi connectivity index (χ4v) is 4.61. The second kappa shape index (κ2) is 8.61. The maximum Gasteiger partial charge on any atom is 0.326 e. The molecule has 168 valence electrons. The normalized spacial score (nSPS) is 16.4. The highest BCUT2D eigenvalue weighted by Gasteiger charge is 2.23. The first kappa shape index (κ1) is 21.1. The van der Waals surface area contributed by atoms with E-state index in [-0.39, 0.29) is 29.6 Å². The van der Waals surface area contributed by atoms with E-state index in [1.807, 2.05) is 35.8 Å². The molecule has 33 heavy (non-hydrogen) atoms. The Balaban J connectivity index is 1.23. The number of aromatic amines is 2. The van der Waals surface area contributed by atoms with Crippen LogP contribution in [0.4, 0.5) is 0 Å². The molecule has 0 atom stereocenters. The van der Waals surface area contributed by atoms with Crippen LogP contribution in [0.1, 0.15) is 49.5 Å². The number of carbonyl (C=O) groups is 1. The fourth-order valence-electron chi connectivity index (χ4n) is 4.61. The van der Waals surface area contributed by atoms with E-state index in [1.165, 1.54) is 0 Å². The van der Waals surface area contributed by atoms with Crippen LogP contribution in [0, 0.1) is 6.92 Å². The molecule has 1 aliphatic carbocycles. The maximum absolute atomic E-state index is 12.5. The highest BCUT2D eigenvalue weighted by Crippen LogP contribution is 2.29. The third kappa shape index (κ3) is 4.28. The van der Waals surface area contributed by atoms with Crippen LogP contribution in [0.5, 0.6) is 0 Å². The first-order chi connectivity index (χ1) is 16.0. The minimum absolute atomic E-state index is 0.0889. The van der Waals surface area contributed by atoms with Crippen molar-refractivity contribution in [3.05, 3.63) is 74.7 Å². The van der Waals surface area contributed by atoms with Crippen LogP contribution in [0.15, 0.2) is 57.0 Å². The Morgan fingerprint density at radius 3 is 2.73 bits per heavy atom. The van der Waals surface area contributed by atoms with Crippen molar-refractivity contribution in [2.75, 3.05) is 0 Å². The number of nitrogens with zero attached hydrogens (tertiary/aromatic N) is 3. The SMILES string of the molecule is Cc1ccc2[nH]c(=O)n(C3CCC(=NC(=O)CCc4nc5ccccc5c(=O)[nH]4)CC3)c2c1. The first-order valence-electron chi connectivity index (χ1n) is 11.3. The number of rotatable bonds is 4. The predicted molar refractivity (Wildman–Crippen MR) is 128 cm³/mol. The molecule has 1 aliphatic rings. The molecule has 1 saturated carbocycles. The summed E-state index contributed by atoms with van der Waals surface area (Å²) in [6, 6.07) is 13.2. The molecule has 0 aliphatic heterocycles. The van der Waals surface area contributed by atoms with E-state index in [0.717, 1.165) is 35.2 Å². The van der Waals surface area contributed by atoms with Crippen molar-refractivity contribution in [1.82, 2.24) is 19.5 Å². The van der Waals surface area contributed by atoms with Crippen LogP contribution in [0.25, 0.3) is 21.9 Å². The summed E-state index contributed by atoms with van der Waals surface area (Å²) in [5, 5.41) is 0.536. The second-order valence-electron chi connectivity index (χ2n) is 8.65. The number of hydrogen-bond acceptors (Lipinski definition) is 4. The summed E-state index contributed by atoms with van der Waals surface area (Å²) in [5.74, 6) is 0.282. The highest BCUT2D eigenvalue weighted by atomic mass is 16.2. The number of para-hydroxylation sites is 1. The first-order valence-corrected chi connectivity index (χ1v) is 11.3. The highest BCUT2D eigenvalue weighted by molar-refractivity contribution is 5.96. The van der Waals surface area contributed by atoms with Gasteiger partial charge in [0, 0.05) is 24.6 Å². The van der Waals surface area contributed by atoms with Crippen molar-refractivity contribution >= 4 is 33.6 Å². The molecule has 2 aromatic heterocycles. The number of aryl methyl sites for hydroxylation is 2. The van der Waals surface area contributed by atoms with Crippen molar-refractivity contribution < 1.29 is 4.79 Å².